The molecule has 2 aliphatic heterocycles. The van der Waals surface area contributed by atoms with Gasteiger partial charge in [0.15, 0.2) is 0 Å². The van der Waals surface area contributed by atoms with E-state index in [-0.39, 0.29) is 0 Å². The molecule has 1 unspecified atom stereocenters. The Labute approximate surface area is 123 Å². The molecule has 20 heavy (non-hydrogen) atoms. The third-order valence-corrected chi connectivity index (χ3v) is 5.59. The van der Waals surface area contributed by atoms with Crippen LogP contribution in [0.5, 0.6) is 0 Å². The number of amides is 1. The number of piperidine rings is 1. The zero-order valence-corrected chi connectivity index (χ0v) is 12.9. The summed E-state index contributed by atoms with van der Waals surface area (Å²) in [4.78, 5) is 17.6. The van der Waals surface area contributed by atoms with Gasteiger partial charge in [-0.05, 0) is 64.5 Å². The Hall–Kier alpha value is -0.570. The maximum Gasteiger partial charge on any atom is 0.225 e. The van der Waals surface area contributed by atoms with Crippen LogP contribution < -0.4 is 0 Å². The molecule has 1 atom stereocenters. The smallest absolute Gasteiger partial charge is 0.225 e. The molecule has 0 aromatic heterocycles. The lowest BCUT2D eigenvalue weighted by atomic mass is 9.96. The summed E-state index contributed by atoms with van der Waals surface area (Å²) in [6.45, 7) is 4.80. The molecule has 3 heteroatoms. The first-order valence-corrected chi connectivity index (χ1v) is 8.87. The van der Waals surface area contributed by atoms with Gasteiger partial charge in [-0.3, -0.25) is 4.79 Å². The second-order valence-corrected chi connectivity index (χ2v) is 7.00. The van der Waals surface area contributed by atoms with E-state index >= 15 is 0 Å². The molecule has 3 aliphatic rings. The summed E-state index contributed by atoms with van der Waals surface area (Å²) in [7, 11) is 0. The summed E-state index contributed by atoms with van der Waals surface area (Å²) < 4.78 is 0. The molecule has 114 valence electrons. The molecular weight excluding hydrogens is 248 g/mol. The lowest BCUT2D eigenvalue weighted by Gasteiger charge is -2.38. The van der Waals surface area contributed by atoms with Crippen LogP contribution in [0, 0.1) is 5.92 Å². The van der Waals surface area contributed by atoms with E-state index in [4.69, 9.17) is 0 Å². The van der Waals surface area contributed by atoms with Crippen LogP contribution in [0.2, 0.25) is 0 Å². The van der Waals surface area contributed by atoms with Crippen molar-refractivity contribution >= 4 is 5.91 Å². The number of likely N-dealkylation sites (tertiary alicyclic amines) is 2. The minimum Gasteiger partial charge on any atom is -0.339 e. The quantitative estimate of drug-likeness (QED) is 0.789. The Balaban J connectivity index is 1.53. The molecule has 3 rings (SSSR count). The second-order valence-electron chi connectivity index (χ2n) is 7.00. The van der Waals surface area contributed by atoms with Gasteiger partial charge in [-0.1, -0.05) is 12.8 Å². The summed E-state index contributed by atoms with van der Waals surface area (Å²) in [6.07, 6.45) is 12.6. The van der Waals surface area contributed by atoms with Crippen LogP contribution in [-0.2, 0) is 4.79 Å². The molecule has 0 aromatic rings. The van der Waals surface area contributed by atoms with Gasteiger partial charge in [0.05, 0.1) is 0 Å². The Morgan fingerprint density at radius 3 is 2.25 bits per heavy atom. The van der Waals surface area contributed by atoms with Gasteiger partial charge in [-0.25, -0.2) is 0 Å². The highest BCUT2D eigenvalue weighted by atomic mass is 16.2. The fourth-order valence-corrected chi connectivity index (χ4v) is 4.34. The fraction of sp³-hybridized carbons (Fsp3) is 0.941. The van der Waals surface area contributed by atoms with Crippen LogP contribution >= 0.6 is 0 Å². The molecule has 0 radical (unpaired) electrons. The molecule has 0 spiro atoms. The molecule has 1 saturated carbocycles. The molecular formula is C17H30N2O. The predicted octanol–water partition coefficient (Wildman–Crippen LogP) is 3.04. The lowest BCUT2D eigenvalue weighted by molar-refractivity contribution is -0.139. The molecule has 0 bridgehead atoms. The molecule has 1 aliphatic carbocycles. The van der Waals surface area contributed by atoms with Crippen molar-refractivity contribution in [2.24, 2.45) is 5.92 Å². The zero-order chi connectivity index (χ0) is 13.8. The predicted molar refractivity (Wildman–Crippen MR) is 81.6 cm³/mol. The van der Waals surface area contributed by atoms with Gasteiger partial charge in [0.2, 0.25) is 5.91 Å². The molecule has 0 aromatic carbocycles. The first-order valence-electron chi connectivity index (χ1n) is 8.87. The molecule has 3 fully saturated rings. The first-order chi connectivity index (χ1) is 9.84. The Morgan fingerprint density at radius 2 is 1.50 bits per heavy atom. The maximum atomic E-state index is 12.7. The van der Waals surface area contributed by atoms with Gasteiger partial charge in [-0.15, -0.1) is 0 Å². The molecule has 3 nitrogen and oxygen atoms in total. The van der Waals surface area contributed by atoms with Crippen molar-refractivity contribution in [1.82, 2.24) is 9.80 Å². The largest absolute Gasteiger partial charge is 0.339 e. The number of nitrogens with zero attached hydrogens (tertiary/aromatic N) is 2. The second kappa shape index (κ2) is 6.93. The zero-order valence-electron chi connectivity index (χ0n) is 12.9. The van der Waals surface area contributed by atoms with Gasteiger partial charge in [0.1, 0.15) is 0 Å². The number of carbonyl (C=O) groups excluding carboxylic acids is 1. The van der Waals surface area contributed by atoms with Crippen molar-refractivity contribution < 1.29 is 4.79 Å². The van der Waals surface area contributed by atoms with Gasteiger partial charge in [-0.2, -0.15) is 0 Å². The van der Waals surface area contributed by atoms with Crippen molar-refractivity contribution in [3.8, 4) is 0 Å². The normalized spacial score (nSPS) is 29.2. The van der Waals surface area contributed by atoms with Crippen molar-refractivity contribution in [2.75, 3.05) is 26.2 Å². The Morgan fingerprint density at radius 1 is 0.850 bits per heavy atom. The standard InChI is InChI=1S/C17H30N2O/c20-17(15-7-1-2-8-15)19-13-4-3-9-16(19)10-14-18-11-5-6-12-18/h15-16H,1-14H2. The van der Waals surface area contributed by atoms with Crippen LogP contribution in [0.15, 0.2) is 0 Å². The van der Waals surface area contributed by atoms with E-state index in [9.17, 15) is 4.79 Å². The van der Waals surface area contributed by atoms with Crippen molar-refractivity contribution in [3.63, 3.8) is 0 Å². The van der Waals surface area contributed by atoms with Crippen LogP contribution in [-0.4, -0.2) is 47.9 Å². The van der Waals surface area contributed by atoms with Crippen LogP contribution in [0.25, 0.3) is 0 Å². The SMILES string of the molecule is O=C(C1CCCC1)N1CCCCC1CCN1CCCC1. The maximum absolute atomic E-state index is 12.7. The number of hydrogen-bond acceptors (Lipinski definition) is 2. The summed E-state index contributed by atoms with van der Waals surface area (Å²) >= 11 is 0. The summed E-state index contributed by atoms with van der Waals surface area (Å²) in [5, 5.41) is 0. The van der Waals surface area contributed by atoms with Gasteiger partial charge >= 0.3 is 0 Å². The minimum atomic E-state index is 0.363. The Bertz CT molecular complexity index is 319. The van der Waals surface area contributed by atoms with Crippen LogP contribution in [0.3, 0.4) is 0 Å². The van der Waals surface area contributed by atoms with Crippen molar-refractivity contribution in [1.29, 1.82) is 0 Å². The third-order valence-electron chi connectivity index (χ3n) is 5.59. The van der Waals surface area contributed by atoms with E-state index in [1.165, 1.54) is 71.0 Å². The highest BCUT2D eigenvalue weighted by Crippen LogP contribution is 2.30. The van der Waals surface area contributed by atoms with Crippen LogP contribution in [0.1, 0.15) is 64.2 Å². The summed E-state index contributed by atoms with van der Waals surface area (Å²) in [5.74, 6) is 0.857. The van der Waals surface area contributed by atoms with E-state index in [0.717, 1.165) is 19.4 Å². The van der Waals surface area contributed by atoms with Gasteiger partial charge in [0, 0.05) is 25.0 Å². The van der Waals surface area contributed by atoms with Crippen LogP contribution in [0.4, 0.5) is 0 Å². The van der Waals surface area contributed by atoms with E-state index in [1.807, 2.05) is 0 Å². The highest BCUT2D eigenvalue weighted by molar-refractivity contribution is 5.79. The number of carbonyl (C=O) groups is 1. The summed E-state index contributed by atoms with van der Waals surface area (Å²) in [5.41, 5.74) is 0. The van der Waals surface area contributed by atoms with Crippen molar-refractivity contribution in [2.45, 2.75) is 70.3 Å². The molecule has 2 heterocycles. The number of hydrogen-bond donors (Lipinski definition) is 0. The average molecular weight is 278 g/mol. The van der Waals surface area contributed by atoms with Gasteiger partial charge < -0.3 is 9.80 Å². The monoisotopic (exact) mass is 278 g/mol. The average Bonchev–Trinajstić information content (AvgIpc) is 3.18. The topological polar surface area (TPSA) is 23.6 Å². The fourth-order valence-electron chi connectivity index (χ4n) is 4.34. The minimum absolute atomic E-state index is 0.363. The number of rotatable bonds is 4. The highest BCUT2D eigenvalue weighted by Gasteiger charge is 2.32. The third kappa shape index (κ3) is 3.36. The lowest BCUT2D eigenvalue weighted by Crippen LogP contribution is -2.47. The molecule has 1 amide bonds. The van der Waals surface area contributed by atoms with E-state index in [0.29, 0.717) is 17.9 Å². The van der Waals surface area contributed by atoms with E-state index in [1.54, 1.807) is 0 Å². The molecule has 2 saturated heterocycles. The summed E-state index contributed by atoms with van der Waals surface area (Å²) in [6, 6.07) is 0.539. The van der Waals surface area contributed by atoms with Crippen molar-refractivity contribution in [3.05, 3.63) is 0 Å². The van der Waals surface area contributed by atoms with E-state index in [2.05, 4.69) is 9.80 Å². The van der Waals surface area contributed by atoms with E-state index < -0.39 is 0 Å². The van der Waals surface area contributed by atoms with Gasteiger partial charge in [0.25, 0.3) is 0 Å². The molecule has 0 N–H and O–H groups in total. The Kier molecular flexibility index (Phi) is 4.98. The first kappa shape index (κ1) is 14.4.